The van der Waals surface area contributed by atoms with E-state index >= 15 is 4.39 Å². The number of oxime groups is 1. The molecule has 2 aliphatic heterocycles. The van der Waals surface area contributed by atoms with Gasteiger partial charge in [0.1, 0.15) is 0 Å². The van der Waals surface area contributed by atoms with E-state index in [0.29, 0.717) is 56.1 Å². The van der Waals surface area contributed by atoms with E-state index in [9.17, 15) is 4.79 Å². The predicted molar refractivity (Wildman–Crippen MR) is 188 cm³/mol. The summed E-state index contributed by atoms with van der Waals surface area (Å²) in [6, 6.07) is 22.6. The third kappa shape index (κ3) is 7.54. The van der Waals surface area contributed by atoms with Crippen molar-refractivity contribution in [2.45, 2.75) is 85.2 Å². The van der Waals surface area contributed by atoms with Gasteiger partial charge in [-0.3, -0.25) is 4.79 Å². The lowest BCUT2D eigenvalue weighted by Crippen LogP contribution is -2.66. The number of benzene rings is 3. The number of hydrogen-bond donors (Lipinski definition) is 0. The van der Waals surface area contributed by atoms with Crippen LogP contribution in [0.25, 0.3) is 0 Å². The molecule has 2 aliphatic rings. The minimum absolute atomic E-state index is 0.101. The number of anilines is 1. The van der Waals surface area contributed by atoms with Crippen LogP contribution in [0.3, 0.4) is 0 Å². The SMILES string of the molecule is CC(C)=NOc1c(C(=O)C2CCOCC2)cc(CO[Si](c2ccccc2)(c2ccccc2)C(C)(C)C)c(N2C[C@@H](C)O[C@@H](C)C2)c1F. The molecule has 2 saturated heterocycles. The molecule has 47 heavy (non-hydrogen) atoms. The van der Waals surface area contributed by atoms with Crippen LogP contribution in [0.15, 0.2) is 71.9 Å². The van der Waals surface area contributed by atoms with Crippen molar-refractivity contribution < 1.29 is 27.9 Å². The van der Waals surface area contributed by atoms with Crippen LogP contribution in [0.2, 0.25) is 5.04 Å². The van der Waals surface area contributed by atoms with Crippen LogP contribution in [0, 0.1) is 11.7 Å². The first-order valence-electron chi connectivity index (χ1n) is 16.7. The number of ketones is 1. The molecular weight excluding hydrogens is 612 g/mol. The second-order valence-electron chi connectivity index (χ2n) is 14.1. The average molecular weight is 661 g/mol. The zero-order valence-corrected chi connectivity index (χ0v) is 29.8. The first-order chi connectivity index (χ1) is 22.4. The zero-order valence-electron chi connectivity index (χ0n) is 28.8. The van der Waals surface area contributed by atoms with E-state index in [1.807, 2.05) is 55.1 Å². The normalized spacial score (nSPS) is 19.4. The van der Waals surface area contributed by atoms with E-state index in [0.717, 1.165) is 10.4 Å². The van der Waals surface area contributed by atoms with Gasteiger partial charge in [-0.1, -0.05) is 86.6 Å². The van der Waals surface area contributed by atoms with Crippen molar-refractivity contribution >= 4 is 35.9 Å². The van der Waals surface area contributed by atoms with Crippen LogP contribution < -0.4 is 20.1 Å². The topological polar surface area (TPSA) is 69.6 Å². The largest absolute Gasteiger partial charge is 0.403 e. The van der Waals surface area contributed by atoms with Gasteiger partial charge in [0.05, 0.1) is 35.8 Å². The van der Waals surface area contributed by atoms with Gasteiger partial charge < -0.3 is 23.6 Å². The molecule has 2 atom stereocenters. The lowest BCUT2D eigenvalue weighted by Gasteiger charge is -2.43. The maximum absolute atomic E-state index is 17.2. The van der Waals surface area contributed by atoms with Crippen LogP contribution in [-0.4, -0.2) is 58.3 Å². The molecule has 7 nitrogen and oxygen atoms in total. The van der Waals surface area contributed by atoms with Crippen molar-refractivity contribution in [1.29, 1.82) is 0 Å². The van der Waals surface area contributed by atoms with Crippen LogP contribution >= 0.6 is 0 Å². The molecule has 3 aromatic rings. The van der Waals surface area contributed by atoms with Crippen LogP contribution in [0.1, 0.15) is 77.2 Å². The van der Waals surface area contributed by atoms with Crippen molar-refractivity contribution in [3.05, 3.63) is 83.7 Å². The molecule has 5 rings (SSSR count). The van der Waals surface area contributed by atoms with Crippen molar-refractivity contribution in [1.82, 2.24) is 0 Å². The Labute approximate surface area is 280 Å². The minimum Gasteiger partial charge on any atom is -0.403 e. The standard InChI is InChI=1S/C38H49FN2O5Si/c1-26(2)40-46-37-33(36(42)29-18-20-43-21-19-29)22-30(35(34(37)39)41-23-27(3)45-28(4)24-41)25-44-47(38(5,6)7,31-14-10-8-11-15-31)32-16-12-9-13-17-32/h8-17,22,27-29H,18-21,23-25H2,1-7H3/t27-,28+. The Morgan fingerprint density at radius 1 is 0.957 bits per heavy atom. The molecule has 0 unspecified atom stereocenters. The van der Waals surface area contributed by atoms with Gasteiger partial charge in [-0.05, 0) is 62.0 Å². The monoisotopic (exact) mass is 660 g/mol. The molecule has 9 heteroatoms. The Morgan fingerprint density at radius 3 is 2.02 bits per heavy atom. The van der Waals surface area contributed by atoms with Crippen LogP contribution in [0.5, 0.6) is 5.75 Å². The molecule has 2 fully saturated rings. The molecule has 0 amide bonds. The first-order valence-corrected chi connectivity index (χ1v) is 18.6. The fraction of sp³-hybridized carbons (Fsp3) is 0.474. The summed E-state index contributed by atoms with van der Waals surface area (Å²) in [6.07, 6.45) is 0.911. The van der Waals surface area contributed by atoms with E-state index < -0.39 is 14.1 Å². The van der Waals surface area contributed by atoms with Gasteiger partial charge in [0, 0.05) is 37.8 Å². The molecule has 0 radical (unpaired) electrons. The summed E-state index contributed by atoms with van der Waals surface area (Å²) in [4.78, 5) is 21.9. The second-order valence-corrected chi connectivity index (χ2v) is 18.4. The summed E-state index contributed by atoms with van der Waals surface area (Å²) < 4.78 is 36.1. The van der Waals surface area contributed by atoms with Crippen molar-refractivity contribution in [3.8, 4) is 5.75 Å². The van der Waals surface area contributed by atoms with E-state index in [4.69, 9.17) is 18.7 Å². The van der Waals surface area contributed by atoms with Crippen LogP contribution in [-0.2, 0) is 20.5 Å². The molecule has 2 heterocycles. The number of rotatable bonds is 10. The number of hydrogen-bond acceptors (Lipinski definition) is 7. The molecule has 0 spiro atoms. The zero-order chi connectivity index (χ0) is 33.8. The lowest BCUT2D eigenvalue weighted by molar-refractivity contribution is -0.00553. The molecular formula is C38H49FN2O5Si. The molecule has 252 valence electrons. The van der Waals surface area contributed by atoms with Crippen molar-refractivity contribution in [2.24, 2.45) is 11.1 Å². The number of halogens is 1. The highest BCUT2D eigenvalue weighted by molar-refractivity contribution is 6.99. The molecule has 0 bridgehead atoms. The number of carbonyl (C=O) groups is 1. The number of carbonyl (C=O) groups excluding carboxylic acids is 1. The summed E-state index contributed by atoms with van der Waals surface area (Å²) >= 11 is 0. The molecule has 0 N–H and O–H groups in total. The number of nitrogens with zero attached hydrogens (tertiary/aromatic N) is 2. The van der Waals surface area contributed by atoms with Gasteiger partial charge in [0.2, 0.25) is 5.75 Å². The van der Waals surface area contributed by atoms with E-state index in [-0.39, 0.29) is 46.9 Å². The summed E-state index contributed by atoms with van der Waals surface area (Å²) in [5.41, 5.74) is 1.78. The fourth-order valence-electron chi connectivity index (χ4n) is 7.02. The number of Topliss-reactive ketones (excluding diaryl/α,β-unsaturated/α-hetero) is 1. The molecule has 0 aliphatic carbocycles. The van der Waals surface area contributed by atoms with Gasteiger partial charge in [0.25, 0.3) is 8.32 Å². The third-order valence-electron chi connectivity index (χ3n) is 9.05. The minimum atomic E-state index is -2.99. The van der Waals surface area contributed by atoms with E-state index in [1.165, 1.54) is 0 Å². The summed E-state index contributed by atoms with van der Waals surface area (Å²) in [6.45, 7) is 16.2. The summed E-state index contributed by atoms with van der Waals surface area (Å²) in [7, 11) is -2.99. The highest BCUT2D eigenvalue weighted by Crippen LogP contribution is 2.42. The van der Waals surface area contributed by atoms with Crippen molar-refractivity contribution in [2.75, 3.05) is 31.2 Å². The second kappa shape index (κ2) is 14.8. The summed E-state index contributed by atoms with van der Waals surface area (Å²) in [5, 5.41) is 6.09. The Kier molecular flexibility index (Phi) is 11.0. The van der Waals surface area contributed by atoms with E-state index in [2.05, 4.69) is 50.2 Å². The van der Waals surface area contributed by atoms with Crippen molar-refractivity contribution in [3.63, 3.8) is 0 Å². The van der Waals surface area contributed by atoms with Crippen LogP contribution in [0.4, 0.5) is 10.1 Å². The fourth-order valence-corrected chi connectivity index (χ4v) is 11.6. The number of morpholine rings is 1. The third-order valence-corrected chi connectivity index (χ3v) is 14.0. The average Bonchev–Trinajstić information content (AvgIpc) is 3.04. The smallest absolute Gasteiger partial charge is 0.261 e. The Hall–Kier alpha value is -3.37. The quantitative estimate of drug-likeness (QED) is 0.102. The Morgan fingerprint density at radius 2 is 1.51 bits per heavy atom. The Balaban J connectivity index is 1.71. The van der Waals surface area contributed by atoms with Gasteiger partial charge in [-0.15, -0.1) is 0 Å². The highest BCUT2D eigenvalue weighted by Gasteiger charge is 2.50. The predicted octanol–water partition coefficient (Wildman–Crippen LogP) is 6.90. The van der Waals surface area contributed by atoms with Gasteiger partial charge in [0.15, 0.2) is 11.6 Å². The van der Waals surface area contributed by atoms with E-state index in [1.54, 1.807) is 19.9 Å². The first kappa shape index (κ1) is 34.9. The highest BCUT2D eigenvalue weighted by atomic mass is 28.4. The lowest BCUT2D eigenvalue weighted by atomic mass is 9.89. The maximum atomic E-state index is 17.2. The molecule has 0 aromatic heterocycles. The molecule has 3 aromatic carbocycles. The summed E-state index contributed by atoms with van der Waals surface area (Å²) in [5.74, 6) is -1.20. The Bertz CT molecular complexity index is 1500. The van der Waals surface area contributed by atoms with Gasteiger partial charge in [-0.25, -0.2) is 4.39 Å². The van der Waals surface area contributed by atoms with Gasteiger partial charge in [-0.2, -0.15) is 0 Å². The van der Waals surface area contributed by atoms with Gasteiger partial charge >= 0.3 is 0 Å². The maximum Gasteiger partial charge on any atom is 0.261 e. The number of ether oxygens (including phenoxy) is 2. The molecule has 0 saturated carbocycles.